The SMILES string of the molecule is COc1cccc(OC)c1C(=O)OCC(=O)Nc1c(Cl)cccc1Cl. The molecular formula is C17H15Cl2NO5. The quantitative estimate of drug-likeness (QED) is 0.767. The van der Waals surface area contributed by atoms with Crippen molar-refractivity contribution >= 4 is 40.8 Å². The first-order valence-electron chi connectivity index (χ1n) is 7.10. The van der Waals surface area contributed by atoms with Crippen LogP contribution in [0.4, 0.5) is 5.69 Å². The lowest BCUT2D eigenvalue weighted by Crippen LogP contribution is -2.21. The van der Waals surface area contributed by atoms with Gasteiger partial charge in [0, 0.05) is 0 Å². The molecule has 0 bridgehead atoms. The van der Waals surface area contributed by atoms with E-state index >= 15 is 0 Å². The predicted octanol–water partition coefficient (Wildman–Crippen LogP) is 3.81. The molecule has 0 fully saturated rings. The third kappa shape index (κ3) is 4.55. The molecule has 8 heteroatoms. The highest BCUT2D eigenvalue weighted by Gasteiger charge is 2.21. The summed E-state index contributed by atoms with van der Waals surface area (Å²) in [5, 5.41) is 3.05. The van der Waals surface area contributed by atoms with Gasteiger partial charge in [0.2, 0.25) is 0 Å². The maximum atomic E-state index is 12.3. The van der Waals surface area contributed by atoms with Crippen molar-refractivity contribution in [3.63, 3.8) is 0 Å². The summed E-state index contributed by atoms with van der Waals surface area (Å²) in [4.78, 5) is 24.3. The Bertz CT molecular complexity index is 752. The number of hydrogen-bond donors (Lipinski definition) is 1. The molecule has 0 aliphatic heterocycles. The summed E-state index contributed by atoms with van der Waals surface area (Å²) in [5.74, 6) is -0.787. The molecule has 2 aromatic rings. The second kappa shape index (κ2) is 8.60. The predicted molar refractivity (Wildman–Crippen MR) is 94.9 cm³/mol. The Morgan fingerprint density at radius 2 is 1.48 bits per heavy atom. The summed E-state index contributed by atoms with van der Waals surface area (Å²) in [7, 11) is 2.83. The maximum Gasteiger partial charge on any atom is 0.346 e. The lowest BCUT2D eigenvalue weighted by Gasteiger charge is -2.13. The van der Waals surface area contributed by atoms with E-state index in [9.17, 15) is 9.59 Å². The number of para-hydroxylation sites is 1. The summed E-state index contributed by atoms with van der Waals surface area (Å²) in [6.45, 7) is -0.526. The number of hydrogen-bond acceptors (Lipinski definition) is 5. The van der Waals surface area contributed by atoms with Crippen molar-refractivity contribution in [2.75, 3.05) is 26.1 Å². The third-order valence-corrected chi connectivity index (χ3v) is 3.82. The number of ether oxygens (including phenoxy) is 3. The number of benzene rings is 2. The van der Waals surface area contributed by atoms with Crippen LogP contribution in [-0.4, -0.2) is 32.7 Å². The number of amides is 1. The molecule has 132 valence electrons. The van der Waals surface area contributed by atoms with Gasteiger partial charge in [-0.15, -0.1) is 0 Å². The molecular weight excluding hydrogens is 369 g/mol. The molecule has 0 spiro atoms. The molecule has 6 nitrogen and oxygen atoms in total. The molecule has 0 atom stereocenters. The van der Waals surface area contributed by atoms with Crippen molar-refractivity contribution in [1.82, 2.24) is 0 Å². The molecule has 0 unspecified atom stereocenters. The van der Waals surface area contributed by atoms with Crippen molar-refractivity contribution < 1.29 is 23.8 Å². The molecule has 2 rings (SSSR count). The Morgan fingerprint density at radius 3 is 2.00 bits per heavy atom. The van der Waals surface area contributed by atoms with Gasteiger partial charge < -0.3 is 19.5 Å². The van der Waals surface area contributed by atoms with Crippen molar-refractivity contribution in [2.24, 2.45) is 0 Å². The zero-order valence-electron chi connectivity index (χ0n) is 13.5. The Labute approximate surface area is 154 Å². The molecule has 0 saturated heterocycles. The van der Waals surface area contributed by atoms with Gasteiger partial charge in [-0.25, -0.2) is 4.79 Å². The van der Waals surface area contributed by atoms with Gasteiger partial charge in [0.15, 0.2) is 6.61 Å². The van der Waals surface area contributed by atoms with Gasteiger partial charge >= 0.3 is 5.97 Å². The zero-order chi connectivity index (χ0) is 18.4. The van der Waals surface area contributed by atoms with E-state index in [4.69, 9.17) is 37.4 Å². The van der Waals surface area contributed by atoms with Crippen LogP contribution in [-0.2, 0) is 9.53 Å². The van der Waals surface area contributed by atoms with Crippen molar-refractivity contribution in [2.45, 2.75) is 0 Å². The summed E-state index contributed by atoms with van der Waals surface area (Å²) in [5.41, 5.74) is 0.345. The fourth-order valence-corrected chi connectivity index (χ4v) is 2.54. The normalized spacial score (nSPS) is 10.1. The zero-order valence-corrected chi connectivity index (χ0v) is 15.0. The van der Waals surface area contributed by atoms with E-state index in [0.717, 1.165) is 0 Å². The topological polar surface area (TPSA) is 73.9 Å². The van der Waals surface area contributed by atoms with Gasteiger partial charge in [0.1, 0.15) is 17.1 Å². The highest BCUT2D eigenvalue weighted by molar-refractivity contribution is 6.39. The van der Waals surface area contributed by atoms with Crippen molar-refractivity contribution in [3.8, 4) is 11.5 Å². The molecule has 0 radical (unpaired) electrons. The Balaban J connectivity index is 2.07. The largest absolute Gasteiger partial charge is 0.496 e. The number of esters is 1. The molecule has 0 heterocycles. The number of methoxy groups -OCH3 is 2. The van der Waals surface area contributed by atoms with E-state index < -0.39 is 18.5 Å². The summed E-state index contributed by atoms with van der Waals surface area (Å²) in [6.07, 6.45) is 0. The van der Waals surface area contributed by atoms with Gasteiger partial charge in [-0.05, 0) is 24.3 Å². The first-order chi connectivity index (χ1) is 12.0. The average Bonchev–Trinajstić information content (AvgIpc) is 2.62. The molecule has 25 heavy (non-hydrogen) atoms. The highest BCUT2D eigenvalue weighted by atomic mass is 35.5. The number of halogens is 2. The minimum absolute atomic E-state index is 0.0936. The van der Waals surface area contributed by atoms with Crippen LogP contribution in [0, 0.1) is 0 Å². The van der Waals surface area contributed by atoms with Crippen LogP contribution in [0.3, 0.4) is 0 Å². The fraction of sp³-hybridized carbons (Fsp3) is 0.176. The van der Waals surface area contributed by atoms with Gasteiger partial charge in [-0.1, -0.05) is 35.3 Å². The molecule has 0 saturated carbocycles. The Morgan fingerprint density at radius 1 is 0.960 bits per heavy atom. The summed E-state index contributed by atoms with van der Waals surface area (Å²) < 4.78 is 15.3. The summed E-state index contributed by atoms with van der Waals surface area (Å²) >= 11 is 11.9. The molecule has 2 aromatic carbocycles. The van der Waals surface area contributed by atoms with Gasteiger partial charge in [-0.3, -0.25) is 4.79 Å². The average molecular weight is 384 g/mol. The van der Waals surface area contributed by atoms with Gasteiger partial charge in [0.05, 0.1) is 30.0 Å². The second-order valence-corrected chi connectivity index (χ2v) is 5.57. The fourth-order valence-electron chi connectivity index (χ4n) is 2.05. The van der Waals surface area contributed by atoms with Crippen LogP contribution >= 0.6 is 23.2 Å². The first kappa shape index (κ1) is 18.9. The standard InChI is InChI=1S/C17H15Cl2NO5/c1-23-12-7-4-8-13(24-2)15(12)17(22)25-9-14(21)20-16-10(18)5-3-6-11(16)19/h3-8H,9H2,1-2H3,(H,20,21). The molecule has 0 aliphatic carbocycles. The van der Waals surface area contributed by atoms with Crippen LogP contribution in [0.15, 0.2) is 36.4 Å². The summed E-state index contributed by atoms with van der Waals surface area (Å²) in [6, 6.07) is 9.64. The van der Waals surface area contributed by atoms with Crippen LogP contribution in [0.2, 0.25) is 10.0 Å². The first-order valence-corrected chi connectivity index (χ1v) is 7.85. The highest BCUT2D eigenvalue weighted by Crippen LogP contribution is 2.30. The van der Waals surface area contributed by atoms with Gasteiger partial charge in [0.25, 0.3) is 5.91 Å². The number of rotatable bonds is 6. The number of carbonyl (C=O) groups excluding carboxylic acids is 2. The van der Waals surface area contributed by atoms with E-state index in [0.29, 0.717) is 0 Å². The third-order valence-electron chi connectivity index (χ3n) is 3.19. The van der Waals surface area contributed by atoms with Crippen LogP contribution in [0.5, 0.6) is 11.5 Å². The minimum Gasteiger partial charge on any atom is -0.496 e. The Kier molecular flexibility index (Phi) is 6.50. The number of anilines is 1. The Hall–Kier alpha value is -2.44. The smallest absolute Gasteiger partial charge is 0.346 e. The number of nitrogens with one attached hydrogen (secondary N) is 1. The minimum atomic E-state index is -0.755. The molecule has 0 aromatic heterocycles. The van der Waals surface area contributed by atoms with E-state index in [1.807, 2.05) is 0 Å². The molecule has 1 amide bonds. The van der Waals surface area contributed by atoms with Crippen molar-refractivity contribution in [1.29, 1.82) is 0 Å². The van der Waals surface area contributed by atoms with Crippen LogP contribution in [0.1, 0.15) is 10.4 Å². The second-order valence-electron chi connectivity index (χ2n) is 4.76. The number of carbonyl (C=O) groups is 2. The van der Waals surface area contributed by atoms with Crippen LogP contribution < -0.4 is 14.8 Å². The monoisotopic (exact) mass is 383 g/mol. The lowest BCUT2D eigenvalue weighted by atomic mass is 10.2. The van der Waals surface area contributed by atoms with Crippen LogP contribution in [0.25, 0.3) is 0 Å². The van der Waals surface area contributed by atoms with E-state index in [1.165, 1.54) is 14.2 Å². The molecule has 1 N–H and O–H groups in total. The van der Waals surface area contributed by atoms with E-state index in [2.05, 4.69) is 5.32 Å². The van der Waals surface area contributed by atoms with E-state index in [1.54, 1.807) is 36.4 Å². The molecule has 0 aliphatic rings. The maximum absolute atomic E-state index is 12.3. The lowest BCUT2D eigenvalue weighted by molar-refractivity contribution is -0.119. The van der Waals surface area contributed by atoms with E-state index in [-0.39, 0.29) is 32.8 Å². The van der Waals surface area contributed by atoms with Gasteiger partial charge in [-0.2, -0.15) is 0 Å². The van der Waals surface area contributed by atoms with Crippen molar-refractivity contribution in [3.05, 3.63) is 52.0 Å².